The van der Waals surface area contributed by atoms with E-state index in [1.807, 2.05) is 41.0 Å². The minimum Gasteiger partial charge on any atom is -0.337 e. The Morgan fingerprint density at radius 3 is 3.00 bits per heavy atom. The van der Waals surface area contributed by atoms with Crippen LogP contribution in [0.3, 0.4) is 0 Å². The van der Waals surface area contributed by atoms with Gasteiger partial charge < -0.3 is 4.90 Å². The molecule has 0 N–H and O–H groups in total. The summed E-state index contributed by atoms with van der Waals surface area (Å²) in [5.74, 6) is 0.836. The van der Waals surface area contributed by atoms with Gasteiger partial charge in [-0.1, -0.05) is 12.1 Å². The molecular formula is C18H16N4O. The number of fused-ring (bicyclic) bond motifs is 4. The molecule has 1 fully saturated rings. The van der Waals surface area contributed by atoms with Crippen molar-refractivity contribution < 1.29 is 0 Å². The van der Waals surface area contributed by atoms with Gasteiger partial charge in [-0.15, -0.1) is 0 Å². The Morgan fingerprint density at radius 2 is 2.13 bits per heavy atom. The fourth-order valence-corrected chi connectivity index (χ4v) is 3.79. The Labute approximate surface area is 133 Å². The number of anilines is 1. The smallest absolute Gasteiger partial charge is 0.262 e. The van der Waals surface area contributed by atoms with Gasteiger partial charge in [0.2, 0.25) is 5.95 Å². The van der Waals surface area contributed by atoms with Crippen molar-refractivity contribution in [3.8, 4) is 11.3 Å². The molecule has 3 aromatic rings. The maximum absolute atomic E-state index is 12.8. The van der Waals surface area contributed by atoms with Gasteiger partial charge in [-0.25, -0.2) is 4.98 Å². The summed E-state index contributed by atoms with van der Waals surface area (Å²) in [6.07, 6.45) is 4.12. The maximum Gasteiger partial charge on any atom is 0.262 e. The number of nitrogens with zero attached hydrogens (tertiary/aromatic N) is 4. The van der Waals surface area contributed by atoms with Crippen molar-refractivity contribution in [1.82, 2.24) is 14.5 Å². The van der Waals surface area contributed by atoms with E-state index in [1.54, 1.807) is 6.20 Å². The first-order valence-electron chi connectivity index (χ1n) is 8.04. The van der Waals surface area contributed by atoms with Gasteiger partial charge in [0.05, 0.1) is 22.6 Å². The predicted molar refractivity (Wildman–Crippen MR) is 89.6 cm³/mol. The lowest BCUT2D eigenvalue weighted by molar-refractivity contribution is 0.614. The number of benzene rings is 1. The Hall–Kier alpha value is -2.69. The van der Waals surface area contributed by atoms with E-state index in [4.69, 9.17) is 4.98 Å². The summed E-state index contributed by atoms with van der Waals surface area (Å²) in [5, 5.41) is 0.689. The number of pyridine rings is 1. The summed E-state index contributed by atoms with van der Waals surface area (Å²) in [4.78, 5) is 24.3. The van der Waals surface area contributed by atoms with Crippen molar-refractivity contribution in [3.05, 3.63) is 52.9 Å². The van der Waals surface area contributed by atoms with Gasteiger partial charge in [-0.2, -0.15) is 0 Å². The second-order valence-corrected chi connectivity index (χ2v) is 6.26. The van der Waals surface area contributed by atoms with Crippen molar-refractivity contribution in [2.24, 2.45) is 0 Å². The van der Waals surface area contributed by atoms with Gasteiger partial charge in [0.25, 0.3) is 5.56 Å². The SMILES string of the molecule is O=c1c2ccc(-c3ccccn3)cc2nc2n1CC1CCCN21. The molecule has 2 aliphatic rings. The largest absolute Gasteiger partial charge is 0.337 e. The van der Waals surface area contributed by atoms with Crippen LogP contribution >= 0.6 is 0 Å². The van der Waals surface area contributed by atoms with Gasteiger partial charge >= 0.3 is 0 Å². The third kappa shape index (κ3) is 1.82. The topological polar surface area (TPSA) is 51.0 Å². The third-order valence-corrected chi connectivity index (χ3v) is 4.92. The zero-order valence-corrected chi connectivity index (χ0v) is 12.6. The molecule has 5 rings (SSSR count). The van der Waals surface area contributed by atoms with Crippen molar-refractivity contribution in [1.29, 1.82) is 0 Å². The van der Waals surface area contributed by atoms with Crippen LogP contribution in [0.2, 0.25) is 0 Å². The fraction of sp³-hybridized carbons (Fsp3) is 0.278. The molecule has 1 saturated heterocycles. The minimum absolute atomic E-state index is 0.0759. The molecule has 23 heavy (non-hydrogen) atoms. The number of rotatable bonds is 1. The van der Waals surface area contributed by atoms with Crippen molar-refractivity contribution in [3.63, 3.8) is 0 Å². The maximum atomic E-state index is 12.8. The highest BCUT2D eigenvalue weighted by atomic mass is 16.1. The van der Waals surface area contributed by atoms with E-state index >= 15 is 0 Å². The summed E-state index contributed by atoms with van der Waals surface area (Å²) in [7, 11) is 0. The molecule has 5 heteroatoms. The molecule has 1 aromatic carbocycles. The van der Waals surface area contributed by atoms with Gasteiger partial charge in [0, 0.05) is 24.8 Å². The number of hydrogen-bond acceptors (Lipinski definition) is 4. The second-order valence-electron chi connectivity index (χ2n) is 6.26. The first-order chi connectivity index (χ1) is 11.3. The second kappa shape index (κ2) is 4.65. The molecule has 0 bridgehead atoms. The highest BCUT2D eigenvalue weighted by molar-refractivity contribution is 5.84. The Morgan fingerprint density at radius 1 is 1.17 bits per heavy atom. The molecule has 0 amide bonds. The van der Waals surface area contributed by atoms with Gasteiger partial charge in [-0.05, 0) is 37.1 Å². The molecule has 2 aliphatic heterocycles. The van der Waals surface area contributed by atoms with Crippen LogP contribution < -0.4 is 10.5 Å². The zero-order valence-electron chi connectivity index (χ0n) is 12.6. The van der Waals surface area contributed by atoms with Crippen LogP contribution in [0.5, 0.6) is 0 Å². The van der Waals surface area contributed by atoms with Crippen molar-refractivity contribution in [2.75, 3.05) is 11.4 Å². The van der Waals surface area contributed by atoms with Crippen LogP contribution in [0.1, 0.15) is 12.8 Å². The molecule has 0 aliphatic carbocycles. The summed E-state index contributed by atoms with van der Waals surface area (Å²) in [5.41, 5.74) is 2.73. The zero-order chi connectivity index (χ0) is 15.4. The summed E-state index contributed by atoms with van der Waals surface area (Å²) in [6, 6.07) is 12.1. The number of aromatic nitrogens is 3. The van der Waals surface area contributed by atoms with E-state index < -0.39 is 0 Å². The van der Waals surface area contributed by atoms with E-state index in [0.29, 0.717) is 11.4 Å². The fourth-order valence-electron chi connectivity index (χ4n) is 3.79. The Balaban J connectivity index is 1.72. The molecule has 4 heterocycles. The molecular weight excluding hydrogens is 288 g/mol. The lowest BCUT2D eigenvalue weighted by atomic mass is 10.1. The van der Waals surface area contributed by atoms with Crippen LogP contribution in [0.15, 0.2) is 47.4 Å². The van der Waals surface area contributed by atoms with Crippen molar-refractivity contribution in [2.45, 2.75) is 25.4 Å². The lowest BCUT2D eigenvalue weighted by Crippen LogP contribution is -2.24. The molecule has 0 radical (unpaired) electrons. The number of hydrogen-bond donors (Lipinski definition) is 0. The van der Waals surface area contributed by atoms with E-state index in [-0.39, 0.29) is 5.56 Å². The normalized spacial score (nSPS) is 19.1. The minimum atomic E-state index is 0.0759. The highest BCUT2D eigenvalue weighted by Crippen LogP contribution is 2.31. The summed E-state index contributed by atoms with van der Waals surface area (Å²) >= 11 is 0. The van der Waals surface area contributed by atoms with E-state index in [1.165, 1.54) is 6.42 Å². The molecule has 2 aromatic heterocycles. The first-order valence-corrected chi connectivity index (χ1v) is 8.04. The first kappa shape index (κ1) is 12.8. The van der Waals surface area contributed by atoms with E-state index in [2.05, 4.69) is 9.88 Å². The summed E-state index contributed by atoms with van der Waals surface area (Å²) in [6.45, 7) is 1.78. The van der Waals surface area contributed by atoms with Crippen LogP contribution in [0, 0.1) is 0 Å². The molecule has 1 unspecified atom stereocenters. The molecule has 0 spiro atoms. The Bertz CT molecular complexity index is 964. The molecule has 5 nitrogen and oxygen atoms in total. The molecule has 114 valence electrons. The average molecular weight is 304 g/mol. The highest BCUT2D eigenvalue weighted by Gasteiger charge is 2.35. The summed E-state index contributed by atoms with van der Waals surface area (Å²) < 4.78 is 1.84. The monoisotopic (exact) mass is 304 g/mol. The van der Waals surface area contributed by atoms with Crippen LogP contribution in [0.25, 0.3) is 22.2 Å². The lowest BCUT2D eigenvalue weighted by Gasteiger charge is -2.15. The average Bonchev–Trinajstić information content (AvgIpc) is 3.18. The predicted octanol–water partition coefficient (Wildman–Crippen LogP) is 2.44. The molecule has 1 atom stereocenters. The standard InChI is InChI=1S/C18H16N4O/c23-17-14-7-6-12(15-5-1-2-8-19-15)10-16(14)20-18-21-9-3-4-13(21)11-22(17)18/h1-2,5-8,10,13H,3-4,9,11H2. The molecule has 0 saturated carbocycles. The van der Waals surface area contributed by atoms with E-state index in [9.17, 15) is 4.79 Å². The van der Waals surface area contributed by atoms with Gasteiger partial charge in [0.15, 0.2) is 0 Å². The van der Waals surface area contributed by atoms with Crippen LogP contribution in [-0.4, -0.2) is 27.1 Å². The van der Waals surface area contributed by atoms with Gasteiger partial charge in [0.1, 0.15) is 0 Å². The Kier molecular flexibility index (Phi) is 2.59. The third-order valence-electron chi connectivity index (χ3n) is 4.92. The quantitative estimate of drug-likeness (QED) is 0.693. The van der Waals surface area contributed by atoms with Crippen LogP contribution in [0.4, 0.5) is 5.95 Å². The van der Waals surface area contributed by atoms with E-state index in [0.717, 1.165) is 42.2 Å². The van der Waals surface area contributed by atoms with Crippen LogP contribution in [-0.2, 0) is 6.54 Å². The van der Waals surface area contributed by atoms with Gasteiger partial charge in [-0.3, -0.25) is 14.3 Å². The van der Waals surface area contributed by atoms with Crippen molar-refractivity contribution >= 4 is 16.9 Å².